The highest BCUT2D eigenvalue weighted by molar-refractivity contribution is 7.13. The first kappa shape index (κ1) is 14.8. The summed E-state index contributed by atoms with van der Waals surface area (Å²) in [6.45, 7) is 7.37. The highest BCUT2D eigenvalue weighted by Crippen LogP contribution is 2.36. The topological polar surface area (TPSA) is 45.7 Å². The average molecular weight is 331 g/mol. The zero-order valence-corrected chi connectivity index (χ0v) is 14.5. The van der Waals surface area contributed by atoms with Gasteiger partial charge in [-0.05, 0) is 56.9 Å². The van der Waals surface area contributed by atoms with Crippen LogP contribution in [0.3, 0.4) is 0 Å². The summed E-state index contributed by atoms with van der Waals surface area (Å²) in [5.74, 6) is 0. The summed E-state index contributed by atoms with van der Waals surface area (Å²) in [4.78, 5) is 16.6. The first-order valence-corrected chi connectivity index (χ1v) is 8.79. The maximum Gasteiger partial charge on any atom is 0.410 e. The fraction of sp³-hybridized carbons (Fsp3) is 0.529. The van der Waals surface area contributed by atoms with Crippen LogP contribution in [0.5, 0.6) is 0 Å². The van der Waals surface area contributed by atoms with Crippen LogP contribution >= 0.6 is 11.5 Å². The molecular formula is C17H21N3O2S. The van der Waals surface area contributed by atoms with Crippen molar-refractivity contribution in [1.82, 2.24) is 9.27 Å². The lowest BCUT2D eigenvalue weighted by molar-refractivity contribution is 0.0215. The van der Waals surface area contributed by atoms with E-state index in [0.29, 0.717) is 6.04 Å². The molecule has 5 nitrogen and oxygen atoms in total. The standard InChI is InChI=1S/C17H21N3O2S/c1-17(2,3)22-16(21)20-10-13-6-14(20)9-19(13)12-5-4-11-8-18-23-15(11)7-12/h4-5,7-8,13-14H,6,9-10H2,1-3H3/t13-,14-/m0/s1. The molecule has 2 atom stereocenters. The summed E-state index contributed by atoms with van der Waals surface area (Å²) in [7, 11) is 0. The monoisotopic (exact) mass is 331 g/mol. The zero-order chi connectivity index (χ0) is 16.2. The van der Waals surface area contributed by atoms with E-state index in [9.17, 15) is 4.79 Å². The van der Waals surface area contributed by atoms with E-state index in [1.54, 1.807) is 0 Å². The van der Waals surface area contributed by atoms with E-state index in [1.807, 2.05) is 31.9 Å². The zero-order valence-electron chi connectivity index (χ0n) is 13.7. The van der Waals surface area contributed by atoms with Crippen molar-refractivity contribution in [2.45, 2.75) is 44.9 Å². The third-order valence-corrected chi connectivity index (χ3v) is 5.30. The normalized spacial score (nSPS) is 23.8. The molecule has 0 unspecified atom stereocenters. The van der Waals surface area contributed by atoms with Gasteiger partial charge < -0.3 is 14.5 Å². The van der Waals surface area contributed by atoms with Crippen molar-refractivity contribution in [3.8, 4) is 0 Å². The third kappa shape index (κ3) is 2.65. The van der Waals surface area contributed by atoms with E-state index in [1.165, 1.54) is 27.3 Å². The summed E-state index contributed by atoms with van der Waals surface area (Å²) >= 11 is 1.53. The van der Waals surface area contributed by atoms with E-state index < -0.39 is 5.60 Å². The molecular weight excluding hydrogens is 310 g/mol. The molecule has 122 valence electrons. The van der Waals surface area contributed by atoms with Crippen LogP contribution in [0.4, 0.5) is 10.5 Å². The molecule has 1 aromatic heterocycles. The van der Waals surface area contributed by atoms with Crippen LogP contribution in [0, 0.1) is 0 Å². The SMILES string of the molecule is CC(C)(C)OC(=O)N1C[C@@H]2C[C@H]1CN2c1ccc2cnsc2c1. The van der Waals surface area contributed by atoms with Crippen LogP contribution in [0.2, 0.25) is 0 Å². The Morgan fingerprint density at radius 1 is 1.30 bits per heavy atom. The van der Waals surface area contributed by atoms with Gasteiger partial charge in [0.1, 0.15) is 5.60 Å². The predicted molar refractivity (Wildman–Crippen MR) is 92.1 cm³/mol. The molecule has 4 rings (SSSR count). The lowest BCUT2D eigenvalue weighted by atomic mass is 10.2. The first-order valence-electron chi connectivity index (χ1n) is 8.01. The van der Waals surface area contributed by atoms with Gasteiger partial charge in [-0.25, -0.2) is 4.79 Å². The summed E-state index contributed by atoms with van der Waals surface area (Å²) in [6, 6.07) is 7.15. The molecule has 1 aromatic carbocycles. The number of benzene rings is 1. The second-order valence-corrected chi connectivity index (χ2v) is 8.21. The molecule has 6 heteroatoms. The Morgan fingerprint density at radius 3 is 2.83 bits per heavy atom. The van der Waals surface area contributed by atoms with Gasteiger partial charge in [0.2, 0.25) is 0 Å². The Labute approximate surface area is 140 Å². The van der Waals surface area contributed by atoms with Gasteiger partial charge in [0.15, 0.2) is 0 Å². The highest BCUT2D eigenvalue weighted by Gasteiger charge is 2.46. The number of carbonyl (C=O) groups excluding carboxylic acids is 1. The fourth-order valence-electron chi connectivity index (χ4n) is 3.55. The minimum Gasteiger partial charge on any atom is -0.444 e. The number of hydrogen-bond donors (Lipinski definition) is 0. The van der Waals surface area contributed by atoms with Crippen molar-refractivity contribution < 1.29 is 9.53 Å². The van der Waals surface area contributed by atoms with Gasteiger partial charge in [0.05, 0.1) is 10.7 Å². The largest absolute Gasteiger partial charge is 0.444 e. The minimum atomic E-state index is -0.435. The molecule has 2 bridgehead atoms. The number of carbonyl (C=O) groups is 1. The van der Waals surface area contributed by atoms with Gasteiger partial charge in [-0.2, -0.15) is 4.37 Å². The second-order valence-electron chi connectivity index (χ2n) is 7.38. The van der Waals surface area contributed by atoms with Crippen LogP contribution in [-0.2, 0) is 4.74 Å². The average Bonchev–Trinajstić information content (AvgIpc) is 3.18. The van der Waals surface area contributed by atoms with Gasteiger partial charge in [0, 0.05) is 36.4 Å². The number of aromatic nitrogens is 1. The molecule has 3 heterocycles. The van der Waals surface area contributed by atoms with Crippen LogP contribution in [-0.4, -0.2) is 46.1 Å². The van der Waals surface area contributed by atoms with E-state index in [0.717, 1.165) is 19.5 Å². The Balaban J connectivity index is 1.49. The van der Waals surface area contributed by atoms with Crippen molar-refractivity contribution in [1.29, 1.82) is 0 Å². The Kier molecular flexibility index (Phi) is 3.27. The van der Waals surface area contributed by atoms with Crippen molar-refractivity contribution in [2.75, 3.05) is 18.0 Å². The van der Waals surface area contributed by atoms with E-state index in [4.69, 9.17) is 4.74 Å². The first-order chi connectivity index (χ1) is 10.9. The third-order valence-electron chi connectivity index (χ3n) is 4.54. The lowest BCUT2D eigenvalue weighted by Gasteiger charge is -2.36. The maximum absolute atomic E-state index is 12.3. The molecule has 0 N–H and O–H groups in total. The van der Waals surface area contributed by atoms with Gasteiger partial charge >= 0.3 is 6.09 Å². The Morgan fingerprint density at radius 2 is 2.13 bits per heavy atom. The van der Waals surface area contributed by atoms with Crippen LogP contribution in [0.15, 0.2) is 24.4 Å². The van der Waals surface area contributed by atoms with Crippen molar-refractivity contribution in [3.05, 3.63) is 24.4 Å². The lowest BCUT2D eigenvalue weighted by Crippen LogP contribution is -2.50. The van der Waals surface area contributed by atoms with Gasteiger partial charge in [-0.1, -0.05) is 0 Å². The summed E-state index contributed by atoms with van der Waals surface area (Å²) < 4.78 is 11.0. The quantitative estimate of drug-likeness (QED) is 0.802. The summed E-state index contributed by atoms with van der Waals surface area (Å²) in [6.07, 6.45) is 2.76. The minimum absolute atomic E-state index is 0.178. The molecule has 0 saturated carbocycles. The molecule has 23 heavy (non-hydrogen) atoms. The number of rotatable bonds is 1. The number of piperazine rings is 1. The van der Waals surface area contributed by atoms with Gasteiger partial charge in [0.25, 0.3) is 0 Å². The number of nitrogens with zero attached hydrogens (tertiary/aromatic N) is 3. The molecule has 0 radical (unpaired) electrons. The van der Waals surface area contributed by atoms with E-state index in [2.05, 4.69) is 27.5 Å². The van der Waals surface area contributed by atoms with Gasteiger partial charge in [-0.3, -0.25) is 0 Å². The molecule has 0 spiro atoms. The number of hydrogen-bond acceptors (Lipinski definition) is 5. The molecule has 2 fully saturated rings. The highest BCUT2D eigenvalue weighted by atomic mass is 32.1. The summed E-state index contributed by atoms with van der Waals surface area (Å²) in [5.41, 5.74) is 0.800. The number of fused-ring (bicyclic) bond motifs is 3. The van der Waals surface area contributed by atoms with Crippen LogP contribution in [0.1, 0.15) is 27.2 Å². The van der Waals surface area contributed by atoms with E-state index >= 15 is 0 Å². The number of ether oxygens (including phenoxy) is 1. The summed E-state index contributed by atoms with van der Waals surface area (Å²) in [5, 5.41) is 1.19. The molecule has 2 aromatic rings. The smallest absolute Gasteiger partial charge is 0.410 e. The second kappa shape index (κ2) is 5.09. The van der Waals surface area contributed by atoms with Crippen molar-refractivity contribution in [2.24, 2.45) is 0 Å². The number of amides is 1. The maximum atomic E-state index is 12.3. The van der Waals surface area contributed by atoms with Crippen LogP contribution < -0.4 is 4.90 Å². The van der Waals surface area contributed by atoms with Crippen LogP contribution in [0.25, 0.3) is 10.1 Å². The molecule has 2 aliphatic rings. The molecule has 1 amide bonds. The molecule has 2 aliphatic heterocycles. The molecule has 2 saturated heterocycles. The van der Waals surface area contributed by atoms with Crippen molar-refractivity contribution in [3.63, 3.8) is 0 Å². The molecule has 0 aliphatic carbocycles. The Hall–Kier alpha value is -1.82. The van der Waals surface area contributed by atoms with Gasteiger partial charge in [-0.15, -0.1) is 0 Å². The predicted octanol–water partition coefficient (Wildman–Crippen LogP) is 3.49. The number of anilines is 1. The van der Waals surface area contributed by atoms with E-state index in [-0.39, 0.29) is 12.1 Å². The number of likely N-dealkylation sites (tertiary alicyclic amines) is 1. The van der Waals surface area contributed by atoms with Crippen molar-refractivity contribution >= 4 is 33.4 Å². The fourth-order valence-corrected chi connectivity index (χ4v) is 4.23. The Bertz CT molecular complexity index is 752.